The van der Waals surface area contributed by atoms with Gasteiger partial charge in [0.1, 0.15) is 6.54 Å². The van der Waals surface area contributed by atoms with E-state index in [-0.39, 0.29) is 6.42 Å². The molecule has 0 saturated carbocycles. The van der Waals surface area contributed by atoms with Crippen molar-refractivity contribution in [1.29, 1.82) is 0 Å². The summed E-state index contributed by atoms with van der Waals surface area (Å²) in [5.41, 5.74) is -1.73. The zero-order valence-electron chi connectivity index (χ0n) is 12.8. The van der Waals surface area contributed by atoms with Crippen molar-refractivity contribution in [3.8, 4) is 0 Å². The zero-order valence-corrected chi connectivity index (χ0v) is 12.8. The Morgan fingerprint density at radius 2 is 1.62 bits per heavy atom. The fourth-order valence-corrected chi connectivity index (χ4v) is 1.88. The molecular weight excluding hydrogens is 282 g/mol. The lowest BCUT2D eigenvalue weighted by atomic mass is 9.98. The van der Waals surface area contributed by atoms with E-state index in [1.165, 1.54) is 6.92 Å². The summed E-state index contributed by atoms with van der Waals surface area (Å²) in [6, 6.07) is 0. The molecule has 21 heavy (non-hydrogen) atoms. The molecule has 2 atom stereocenters. The predicted molar refractivity (Wildman–Crippen MR) is 72.5 cm³/mol. The van der Waals surface area contributed by atoms with E-state index in [1.54, 1.807) is 0 Å². The van der Waals surface area contributed by atoms with Crippen molar-refractivity contribution in [3.63, 3.8) is 0 Å². The molecular formula is C13H24NO7+. The molecule has 0 amide bonds. The molecule has 8 nitrogen and oxygen atoms in total. The van der Waals surface area contributed by atoms with E-state index in [1.807, 2.05) is 21.1 Å². The van der Waals surface area contributed by atoms with Crippen molar-refractivity contribution < 1.29 is 38.9 Å². The molecule has 0 radical (unpaired) electrons. The molecule has 3 N–H and O–H groups in total. The number of ether oxygens (including phenoxy) is 1. The number of nitrogens with zero attached hydrogens (tertiary/aromatic N) is 1. The number of quaternary nitrogens is 1. The van der Waals surface area contributed by atoms with E-state index in [4.69, 9.17) is 14.9 Å². The van der Waals surface area contributed by atoms with Gasteiger partial charge < -0.3 is 24.5 Å². The molecule has 0 aliphatic carbocycles. The lowest BCUT2D eigenvalue weighted by Gasteiger charge is -2.29. The minimum atomic E-state index is -1.73. The van der Waals surface area contributed by atoms with Crippen molar-refractivity contribution in [1.82, 2.24) is 0 Å². The molecule has 0 aliphatic heterocycles. The Labute approximate surface area is 123 Å². The molecule has 0 spiro atoms. The number of carbonyl (C=O) groups is 3. The maximum Gasteiger partial charge on any atom is 0.309 e. The molecule has 0 aromatic rings. The van der Waals surface area contributed by atoms with Gasteiger partial charge in [-0.25, -0.2) is 0 Å². The van der Waals surface area contributed by atoms with Crippen LogP contribution in [0.4, 0.5) is 0 Å². The second-order valence-electron chi connectivity index (χ2n) is 6.43. The second-order valence-corrected chi connectivity index (χ2v) is 6.43. The number of esters is 1. The van der Waals surface area contributed by atoms with Gasteiger partial charge in [0.05, 0.1) is 46.0 Å². The molecule has 0 aliphatic rings. The van der Waals surface area contributed by atoms with Crippen molar-refractivity contribution in [2.24, 2.45) is 0 Å². The first-order valence-corrected chi connectivity index (χ1v) is 6.47. The minimum absolute atomic E-state index is 0.291. The highest BCUT2D eigenvalue weighted by Crippen LogP contribution is 2.17. The molecule has 0 aromatic carbocycles. The topological polar surface area (TPSA) is 121 Å². The summed E-state index contributed by atoms with van der Waals surface area (Å²) in [5.74, 6) is -3.15. The van der Waals surface area contributed by atoms with E-state index in [9.17, 15) is 19.5 Å². The van der Waals surface area contributed by atoms with Crippen LogP contribution in [-0.2, 0) is 19.1 Å². The maximum atomic E-state index is 11.7. The minimum Gasteiger partial charge on any atom is -0.481 e. The standard InChI is InChI=1S/C13H23NO7/c1-13(20,6-11(17)18)7-12(19)21-9(5-10(15)16)8-14(2,3)4/h9,20H,5-8H2,1-4H3,(H-,15,16,17,18)/p+1/t9-,13?/m1/s1. The number of aliphatic hydroxyl groups is 1. The summed E-state index contributed by atoms with van der Waals surface area (Å²) in [5, 5.41) is 27.2. The first-order valence-electron chi connectivity index (χ1n) is 6.47. The van der Waals surface area contributed by atoms with Crippen molar-refractivity contribution >= 4 is 17.9 Å². The monoisotopic (exact) mass is 306 g/mol. The van der Waals surface area contributed by atoms with Crippen LogP contribution in [0.2, 0.25) is 0 Å². The first kappa shape index (κ1) is 19.3. The number of carbonyl (C=O) groups excluding carboxylic acids is 1. The Balaban J connectivity index is 4.66. The van der Waals surface area contributed by atoms with Crippen LogP contribution in [0.5, 0.6) is 0 Å². The molecule has 0 fully saturated rings. The normalized spacial score (nSPS) is 15.9. The van der Waals surface area contributed by atoms with Crippen LogP contribution in [0, 0.1) is 0 Å². The van der Waals surface area contributed by atoms with Crippen molar-refractivity contribution in [2.75, 3.05) is 27.7 Å². The highest BCUT2D eigenvalue weighted by Gasteiger charge is 2.31. The lowest BCUT2D eigenvalue weighted by molar-refractivity contribution is -0.873. The van der Waals surface area contributed by atoms with Gasteiger partial charge in [-0.1, -0.05) is 0 Å². The molecule has 122 valence electrons. The molecule has 1 unspecified atom stereocenters. The Bertz CT molecular complexity index is 398. The van der Waals surface area contributed by atoms with E-state index in [2.05, 4.69) is 0 Å². The quantitative estimate of drug-likeness (QED) is 0.395. The number of rotatable bonds is 9. The van der Waals surface area contributed by atoms with Gasteiger partial charge in [0, 0.05) is 0 Å². The van der Waals surface area contributed by atoms with Gasteiger partial charge in [0.2, 0.25) is 0 Å². The smallest absolute Gasteiger partial charge is 0.309 e. The van der Waals surface area contributed by atoms with Crippen LogP contribution in [0.15, 0.2) is 0 Å². The summed E-state index contributed by atoms with van der Waals surface area (Å²) >= 11 is 0. The third kappa shape index (κ3) is 10.7. The van der Waals surface area contributed by atoms with Crippen molar-refractivity contribution in [2.45, 2.75) is 37.9 Å². The SMILES string of the molecule is CC(O)(CC(=O)O)CC(=O)O[C@H](CC(=O)O)C[N+](C)(C)C. The number of carboxylic acid groups (broad SMARTS) is 2. The summed E-state index contributed by atoms with van der Waals surface area (Å²) < 4.78 is 5.47. The van der Waals surface area contributed by atoms with E-state index >= 15 is 0 Å². The van der Waals surface area contributed by atoms with E-state index < -0.39 is 42.5 Å². The Morgan fingerprint density at radius 3 is 2.00 bits per heavy atom. The van der Waals surface area contributed by atoms with Crippen LogP contribution in [0.25, 0.3) is 0 Å². The highest BCUT2D eigenvalue weighted by molar-refractivity contribution is 5.74. The maximum absolute atomic E-state index is 11.7. The van der Waals surface area contributed by atoms with Crippen molar-refractivity contribution in [3.05, 3.63) is 0 Å². The van der Waals surface area contributed by atoms with Gasteiger partial charge in [0.15, 0.2) is 6.10 Å². The average molecular weight is 306 g/mol. The van der Waals surface area contributed by atoms with Gasteiger partial charge in [-0.2, -0.15) is 0 Å². The summed E-state index contributed by atoms with van der Waals surface area (Å²) in [6.45, 7) is 1.51. The zero-order chi connectivity index (χ0) is 16.8. The number of carboxylic acids is 2. The molecule has 0 heterocycles. The van der Waals surface area contributed by atoms with Gasteiger partial charge in [0.25, 0.3) is 0 Å². The summed E-state index contributed by atoms with van der Waals surface area (Å²) in [4.78, 5) is 33.1. The number of aliphatic carboxylic acids is 2. The molecule has 0 rings (SSSR count). The number of hydrogen-bond acceptors (Lipinski definition) is 5. The molecule has 0 aromatic heterocycles. The largest absolute Gasteiger partial charge is 0.481 e. The Morgan fingerprint density at radius 1 is 1.10 bits per heavy atom. The third-order valence-electron chi connectivity index (χ3n) is 2.51. The number of hydrogen-bond donors (Lipinski definition) is 3. The van der Waals surface area contributed by atoms with Gasteiger partial charge in [-0.05, 0) is 6.92 Å². The van der Waals surface area contributed by atoms with E-state index in [0.29, 0.717) is 11.0 Å². The molecule has 0 saturated heterocycles. The van der Waals surface area contributed by atoms with Crippen LogP contribution < -0.4 is 0 Å². The summed E-state index contributed by atoms with van der Waals surface area (Å²) in [6.07, 6.45) is -2.29. The van der Waals surface area contributed by atoms with E-state index in [0.717, 1.165) is 0 Å². The molecule has 0 bridgehead atoms. The van der Waals surface area contributed by atoms with Gasteiger partial charge >= 0.3 is 17.9 Å². The summed E-state index contributed by atoms with van der Waals surface area (Å²) in [7, 11) is 5.47. The van der Waals surface area contributed by atoms with Crippen LogP contribution in [0.1, 0.15) is 26.2 Å². The average Bonchev–Trinajstić information content (AvgIpc) is 2.07. The van der Waals surface area contributed by atoms with Crippen LogP contribution >= 0.6 is 0 Å². The lowest BCUT2D eigenvalue weighted by Crippen LogP contribution is -2.44. The Hall–Kier alpha value is -1.67. The fraction of sp³-hybridized carbons (Fsp3) is 0.769. The van der Waals surface area contributed by atoms with Gasteiger partial charge in [-0.3, -0.25) is 14.4 Å². The first-order chi connectivity index (χ1) is 9.31. The third-order valence-corrected chi connectivity index (χ3v) is 2.51. The Kier molecular flexibility index (Phi) is 6.78. The number of likely N-dealkylation sites (N-methyl/N-ethyl adjacent to an activating group) is 1. The predicted octanol–water partition coefficient (Wildman–Crippen LogP) is -0.305. The molecule has 8 heteroatoms. The highest BCUT2D eigenvalue weighted by atomic mass is 16.5. The van der Waals surface area contributed by atoms with Crippen LogP contribution in [0.3, 0.4) is 0 Å². The van der Waals surface area contributed by atoms with Gasteiger partial charge in [-0.15, -0.1) is 0 Å². The fourth-order valence-electron chi connectivity index (χ4n) is 1.88. The second kappa shape index (κ2) is 7.37. The van der Waals surface area contributed by atoms with Crippen LogP contribution in [-0.4, -0.2) is 77.1 Å².